The Labute approximate surface area is 127 Å². The Kier molecular flexibility index (Phi) is 4.13. The molecule has 3 nitrogen and oxygen atoms in total. The molecule has 108 valence electrons. The minimum Gasteiger partial charge on any atom is -0.493 e. The molecule has 3 aromatic rings. The van der Waals surface area contributed by atoms with Crippen LogP contribution in [0.1, 0.15) is 18.3 Å². The Morgan fingerprint density at radius 3 is 2.71 bits per heavy atom. The molecule has 2 aromatic carbocycles. The number of rotatable bonds is 5. The maximum atomic E-state index is 10.2. The molecule has 0 radical (unpaired) electrons. The lowest BCUT2D eigenvalue weighted by molar-refractivity contribution is 0.120. The quantitative estimate of drug-likeness (QED) is 0.749. The first kappa shape index (κ1) is 14.0. The minimum absolute atomic E-state index is 0.420. The average Bonchev–Trinajstić information content (AvgIpc) is 2.91. The van der Waals surface area contributed by atoms with E-state index in [1.165, 1.54) is 0 Å². The van der Waals surface area contributed by atoms with Crippen molar-refractivity contribution in [2.45, 2.75) is 12.5 Å². The molecule has 0 aliphatic carbocycles. The SMILES string of the molecule is OC(CCOc1ccccc1)c1cc2cc(Cl)ccc2o1. The summed E-state index contributed by atoms with van der Waals surface area (Å²) in [4.78, 5) is 0. The number of aliphatic hydroxyl groups is 1. The number of furan rings is 1. The third kappa shape index (κ3) is 3.38. The van der Waals surface area contributed by atoms with Crippen LogP contribution in [0.5, 0.6) is 5.75 Å². The molecular formula is C17H15ClO3. The third-order valence-electron chi connectivity index (χ3n) is 3.23. The summed E-state index contributed by atoms with van der Waals surface area (Å²) in [7, 11) is 0. The monoisotopic (exact) mass is 302 g/mol. The normalized spacial score (nSPS) is 12.5. The molecule has 4 heteroatoms. The summed E-state index contributed by atoms with van der Waals surface area (Å²) >= 11 is 5.93. The Morgan fingerprint density at radius 2 is 1.90 bits per heavy atom. The molecule has 0 bridgehead atoms. The molecule has 0 amide bonds. The van der Waals surface area contributed by atoms with E-state index >= 15 is 0 Å². The van der Waals surface area contributed by atoms with Crippen molar-refractivity contribution >= 4 is 22.6 Å². The van der Waals surface area contributed by atoms with Crippen LogP contribution in [0.15, 0.2) is 59.0 Å². The highest BCUT2D eigenvalue weighted by Crippen LogP contribution is 2.27. The molecule has 21 heavy (non-hydrogen) atoms. The molecule has 0 aliphatic rings. The van der Waals surface area contributed by atoms with Crippen LogP contribution in [0.2, 0.25) is 5.02 Å². The number of hydrogen-bond donors (Lipinski definition) is 1. The van der Waals surface area contributed by atoms with E-state index in [1.807, 2.05) is 42.5 Å². The van der Waals surface area contributed by atoms with Crippen LogP contribution < -0.4 is 4.74 Å². The highest BCUT2D eigenvalue weighted by molar-refractivity contribution is 6.31. The Hall–Kier alpha value is -1.97. The number of fused-ring (bicyclic) bond motifs is 1. The van der Waals surface area contributed by atoms with Gasteiger partial charge in [0.05, 0.1) is 6.61 Å². The topological polar surface area (TPSA) is 42.6 Å². The smallest absolute Gasteiger partial charge is 0.134 e. The van der Waals surface area contributed by atoms with E-state index in [0.29, 0.717) is 23.8 Å². The average molecular weight is 303 g/mol. The fourth-order valence-corrected chi connectivity index (χ4v) is 2.33. The van der Waals surface area contributed by atoms with Gasteiger partial charge in [-0.2, -0.15) is 0 Å². The first-order valence-corrected chi connectivity index (χ1v) is 7.15. The summed E-state index contributed by atoms with van der Waals surface area (Å²) < 4.78 is 11.2. The molecule has 0 saturated heterocycles. The van der Waals surface area contributed by atoms with Crippen molar-refractivity contribution in [1.29, 1.82) is 0 Å². The van der Waals surface area contributed by atoms with Crippen LogP contribution in [0.25, 0.3) is 11.0 Å². The van der Waals surface area contributed by atoms with Gasteiger partial charge in [0.15, 0.2) is 0 Å². The maximum absolute atomic E-state index is 10.2. The molecule has 0 spiro atoms. The molecule has 0 saturated carbocycles. The minimum atomic E-state index is -0.695. The number of ether oxygens (including phenoxy) is 1. The lowest BCUT2D eigenvalue weighted by Crippen LogP contribution is -2.04. The highest BCUT2D eigenvalue weighted by atomic mass is 35.5. The zero-order chi connectivity index (χ0) is 14.7. The molecule has 0 aliphatic heterocycles. The van der Waals surface area contributed by atoms with E-state index in [-0.39, 0.29) is 0 Å². The fourth-order valence-electron chi connectivity index (χ4n) is 2.15. The summed E-state index contributed by atoms with van der Waals surface area (Å²) in [6, 6.07) is 16.7. The van der Waals surface area contributed by atoms with Crippen LogP contribution in [-0.4, -0.2) is 11.7 Å². The largest absolute Gasteiger partial charge is 0.493 e. The molecule has 3 rings (SSSR count). The van der Waals surface area contributed by atoms with Crippen molar-refractivity contribution < 1.29 is 14.3 Å². The summed E-state index contributed by atoms with van der Waals surface area (Å²) in [5.74, 6) is 1.32. The van der Waals surface area contributed by atoms with Gasteiger partial charge in [0, 0.05) is 16.8 Å². The van der Waals surface area contributed by atoms with Gasteiger partial charge >= 0.3 is 0 Å². The van der Waals surface area contributed by atoms with E-state index in [9.17, 15) is 5.11 Å². The number of hydrogen-bond acceptors (Lipinski definition) is 3. The third-order valence-corrected chi connectivity index (χ3v) is 3.46. The summed E-state index contributed by atoms with van der Waals surface area (Å²) in [5, 5.41) is 11.7. The van der Waals surface area contributed by atoms with Crippen LogP contribution >= 0.6 is 11.6 Å². The molecule has 1 N–H and O–H groups in total. The van der Waals surface area contributed by atoms with Gasteiger partial charge < -0.3 is 14.3 Å². The number of halogens is 1. The van der Waals surface area contributed by atoms with Crippen molar-refractivity contribution in [3.63, 3.8) is 0 Å². The molecule has 1 atom stereocenters. The highest BCUT2D eigenvalue weighted by Gasteiger charge is 2.13. The van der Waals surface area contributed by atoms with Gasteiger partial charge in [-0.05, 0) is 36.4 Å². The summed E-state index contributed by atoms with van der Waals surface area (Å²) in [6.45, 7) is 0.420. The molecular weight excluding hydrogens is 288 g/mol. The lowest BCUT2D eigenvalue weighted by Gasteiger charge is -2.09. The van der Waals surface area contributed by atoms with Crippen LogP contribution in [0.4, 0.5) is 0 Å². The standard InChI is InChI=1S/C17H15ClO3/c18-13-6-7-16-12(10-13)11-17(21-16)15(19)8-9-20-14-4-2-1-3-5-14/h1-7,10-11,15,19H,8-9H2. The van der Waals surface area contributed by atoms with Gasteiger partial charge in [-0.3, -0.25) is 0 Å². The number of benzene rings is 2. The van der Waals surface area contributed by atoms with E-state index in [4.69, 9.17) is 20.8 Å². The van der Waals surface area contributed by atoms with Crippen molar-refractivity contribution in [2.75, 3.05) is 6.61 Å². The van der Waals surface area contributed by atoms with Crippen molar-refractivity contribution in [1.82, 2.24) is 0 Å². The van der Waals surface area contributed by atoms with Crippen molar-refractivity contribution in [3.05, 3.63) is 65.4 Å². The van der Waals surface area contributed by atoms with Gasteiger partial charge in [0.25, 0.3) is 0 Å². The molecule has 0 fully saturated rings. The predicted octanol–water partition coefficient (Wildman–Crippen LogP) is 4.59. The van der Waals surface area contributed by atoms with Gasteiger partial charge in [-0.15, -0.1) is 0 Å². The second-order valence-corrected chi connectivity index (χ2v) is 5.23. The number of para-hydroxylation sites is 1. The van der Waals surface area contributed by atoms with E-state index in [0.717, 1.165) is 16.7 Å². The maximum Gasteiger partial charge on any atom is 0.134 e. The van der Waals surface area contributed by atoms with Crippen molar-refractivity contribution in [3.8, 4) is 5.75 Å². The van der Waals surface area contributed by atoms with Crippen LogP contribution in [0.3, 0.4) is 0 Å². The van der Waals surface area contributed by atoms with E-state index < -0.39 is 6.10 Å². The van der Waals surface area contributed by atoms with Gasteiger partial charge in [0.2, 0.25) is 0 Å². The number of aliphatic hydroxyl groups excluding tert-OH is 1. The van der Waals surface area contributed by atoms with Gasteiger partial charge in [-0.1, -0.05) is 29.8 Å². The van der Waals surface area contributed by atoms with Gasteiger partial charge in [0.1, 0.15) is 23.2 Å². The Bertz CT molecular complexity index is 721. The zero-order valence-corrected chi connectivity index (χ0v) is 12.1. The molecule has 1 aromatic heterocycles. The summed E-state index contributed by atoms with van der Waals surface area (Å²) in [5.41, 5.74) is 0.720. The van der Waals surface area contributed by atoms with Gasteiger partial charge in [-0.25, -0.2) is 0 Å². The molecule has 1 unspecified atom stereocenters. The summed E-state index contributed by atoms with van der Waals surface area (Å²) in [6.07, 6.45) is -0.234. The van der Waals surface area contributed by atoms with Crippen molar-refractivity contribution in [2.24, 2.45) is 0 Å². The van der Waals surface area contributed by atoms with E-state index in [2.05, 4.69) is 0 Å². The Morgan fingerprint density at radius 1 is 1.10 bits per heavy atom. The first-order chi connectivity index (χ1) is 10.2. The van der Waals surface area contributed by atoms with E-state index in [1.54, 1.807) is 12.1 Å². The van der Waals surface area contributed by atoms with Crippen LogP contribution in [0, 0.1) is 0 Å². The fraction of sp³-hybridized carbons (Fsp3) is 0.176. The lowest BCUT2D eigenvalue weighted by atomic mass is 10.2. The van der Waals surface area contributed by atoms with Crippen LogP contribution in [-0.2, 0) is 0 Å². The second kappa shape index (κ2) is 6.20. The predicted molar refractivity (Wildman–Crippen MR) is 82.7 cm³/mol. The Balaban J connectivity index is 1.62. The zero-order valence-electron chi connectivity index (χ0n) is 11.3. The first-order valence-electron chi connectivity index (χ1n) is 6.77. The molecule has 1 heterocycles. The second-order valence-electron chi connectivity index (χ2n) is 4.80.